The third-order valence-corrected chi connectivity index (χ3v) is 3.93. The Balaban J connectivity index is 2.50. The van der Waals surface area contributed by atoms with Gasteiger partial charge in [0.05, 0.1) is 6.54 Å². The number of carbonyl (C=O) groups excluding carboxylic acids is 1. The normalized spacial score (nSPS) is 11.5. The summed E-state index contributed by atoms with van der Waals surface area (Å²) in [6.45, 7) is 8.01. The fourth-order valence-corrected chi connectivity index (χ4v) is 2.43. The molecule has 0 aliphatic rings. The molecule has 0 radical (unpaired) electrons. The minimum absolute atomic E-state index is 0.0879. The van der Waals surface area contributed by atoms with Crippen molar-refractivity contribution in [1.82, 2.24) is 15.5 Å². The Morgan fingerprint density at radius 1 is 1.35 bits per heavy atom. The molecule has 23 heavy (non-hydrogen) atoms. The number of guanidine groups is 1. The molecule has 1 amide bonds. The highest BCUT2D eigenvalue weighted by molar-refractivity contribution is 9.10. The topological polar surface area (TPSA) is 56.7 Å². The summed E-state index contributed by atoms with van der Waals surface area (Å²) in [6.07, 6.45) is 0.398. The van der Waals surface area contributed by atoms with Crippen LogP contribution in [0.4, 0.5) is 0 Å². The van der Waals surface area contributed by atoms with Gasteiger partial charge in [0.25, 0.3) is 0 Å². The number of aliphatic imine (C=N–C) groups is 1. The van der Waals surface area contributed by atoms with E-state index < -0.39 is 0 Å². The number of hydrogen-bond acceptors (Lipinski definition) is 2. The summed E-state index contributed by atoms with van der Waals surface area (Å²) in [7, 11) is 1.82. The average molecular weight is 383 g/mol. The van der Waals surface area contributed by atoms with Crippen molar-refractivity contribution in [3.63, 3.8) is 0 Å². The van der Waals surface area contributed by atoms with Crippen molar-refractivity contribution < 1.29 is 4.79 Å². The minimum Gasteiger partial charge on any atom is -0.357 e. The Hall–Kier alpha value is -1.56. The number of nitrogens with one attached hydrogen (secondary N) is 2. The molecule has 1 aromatic carbocycles. The lowest BCUT2D eigenvalue weighted by atomic mass is 10.2. The fraction of sp³-hybridized carbons (Fsp3) is 0.529. The third-order valence-electron chi connectivity index (χ3n) is 3.16. The van der Waals surface area contributed by atoms with E-state index in [4.69, 9.17) is 0 Å². The number of rotatable bonds is 7. The van der Waals surface area contributed by atoms with E-state index in [1.165, 1.54) is 0 Å². The van der Waals surface area contributed by atoms with Gasteiger partial charge in [-0.25, -0.2) is 0 Å². The Labute approximate surface area is 147 Å². The Morgan fingerprint density at radius 2 is 2.04 bits per heavy atom. The molecule has 5 nitrogen and oxygen atoms in total. The van der Waals surface area contributed by atoms with Crippen LogP contribution in [-0.4, -0.2) is 42.9 Å². The highest BCUT2D eigenvalue weighted by Gasteiger charge is 2.10. The van der Waals surface area contributed by atoms with E-state index in [1.54, 1.807) is 4.90 Å². The summed E-state index contributed by atoms with van der Waals surface area (Å²) < 4.78 is 1.02. The summed E-state index contributed by atoms with van der Waals surface area (Å²) in [5, 5.41) is 6.41. The lowest BCUT2D eigenvalue weighted by molar-refractivity contribution is -0.130. The molecule has 6 heteroatoms. The predicted octanol–water partition coefficient (Wildman–Crippen LogP) is 2.76. The highest BCUT2D eigenvalue weighted by Crippen LogP contribution is 2.17. The second kappa shape index (κ2) is 10.3. The molecule has 0 saturated heterocycles. The molecule has 0 bridgehead atoms. The van der Waals surface area contributed by atoms with Crippen LogP contribution in [0.1, 0.15) is 32.8 Å². The monoisotopic (exact) mass is 382 g/mol. The average Bonchev–Trinajstić information content (AvgIpc) is 2.49. The van der Waals surface area contributed by atoms with Crippen LogP contribution in [0.2, 0.25) is 0 Å². The quantitative estimate of drug-likeness (QED) is 0.562. The smallest absolute Gasteiger partial charge is 0.224 e. The molecule has 1 rings (SSSR count). The first-order chi connectivity index (χ1) is 10.9. The molecule has 0 atom stereocenters. The number of carbonyl (C=O) groups is 1. The minimum atomic E-state index is 0.0879. The number of halogens is 1. The van der Waals surface area contributed by atoms with Crippen LogP contribution >= 0.6 is 15.9 Å². The summed E-state index contributed by atoms with van der Waals surface area (Å²) >= 11 is 3.51. The highest BCUT2D eigenvalue weighted by atomic mass is 79.9. The SMILES string of the molecule is CCNC(=NCCC(=O)N(C)Cc1ccccc1Br)NC(C)C. The number of amides is 1. The summed E-state index contributed by atoms with van der Waals surface area (Å²) in [5.74, 6) is 0.841. The van der Waals surface area contributed by atoms with Gasteiger partial charge in [0.2, 0.25) is 5.91 Å². The number of benzene rings is 1. The van der Waals surface area contributed by atoms with E-state index in [-0.39, 0.29) is 5.91 Å². The zero-order valence-corrected chi connectivity index (χ0v) is 16.0. The molecule has 0 aromatic heterocycles. The van der Waals surface area contributed by atoms with Gasteiger partial charge in [0.15, 0.2) is 5.96 Å². The van der Waals surface area contributed by atoms with E-state index in [0.717, 1.165) is 22.5 Å². The van der Waals surface area contributed by atoms with Gasteiger partial charge in [-0.2, -0.15) is 0 Å². The number of nitrogens with zero attached hydrogens (tertiary/aromatic N) is 2. The van der Waals surface area contributed by atoms with Crippen molar-refractivity contribution in [2.45, 2.75) is 39.8 Å². The van der Waals surface area contributed by atoms with E-state index in [2.05, 4.69) is 45.4 Å². The zero-order valence-electron chi connectivity index (χ0n) is 14.4. The van der Waals surface area contributed by atoms with E-state index in [9.17, 15) is 4.79 Å². The maximum Gasteiger partial charge on any atom is 0.224 e. The van der Waals surface area contributed by atoms with Gasteiger partial charge in [0, 0.05) is 37.1 Å². The first-order valence-corrected chi connectivity index (χ1v) is 8.75. The number of hydrogen-bond donors (Lipinski definition) is 2. The molecule has 0 fully saturated rings. The Kier molecular flexibility index (Phi) is 8.69. The van der Waals surface area contributed by atoms with Crippen molar-refractivity contribution in [2.75, 3.05) is 20.1 Å². The van der Waals surface area contributed by atoms with Gasteiger partial charge >= 0.3 is 0 Å². The molecule has 0 saturated carbocycles. The second-order valence-corrected chi connectivity index (χ2v) is 6.51. The maximum atomic E-state index is 12.2. The first kappa shape index (κ1) is 19.5. The molecule has 0 heterocycles. The summed E-state index contributed by atoms with van der Waals surface area (Å²) in [6, 6.07) is 8.25. The Bertz CT molecular complexity index is 531. The van der Waals surface area contributed by atoms with Crippen LogP contribution in [0.25, 0.3) is 0 Å². The molecular weight excluding hydrogens is 356 g/mol. The first-order valence-electron chi connectivity index (χ1n) is 7.96. The molecule has 0 unspecified atom stereocenters. The van der Waals surface area contributed by atoms with Gasteiger partial charge in [-0.15, -0.1) is 0 Å². The van der Waals surface area contributed by atoms with Gasteiger partial charge < -0.3 is 15.5 Å². The van der Waals surface area contributed by atoms with Crippen LogP contribution in [0.3, 0.4) is 0 Å². The predicted molar refractivity (Wildman–Crippen MR) is 99.5 cm³/mol. The van der Waals surface area contributed by atoms with Crippen molar-refractivity contribution in [1.29, 1.82) is 0 Å². The van der Waals surface area contributed by atoms with Crippen LogP contribution in [0.15, 0.2) is 33.7 Å². The molecule has 0 aliphatic heterocycles. The van der Waals surface area contributed by atoms with Crippen molar-refractivity contribution in [3.8, 4) is 0 Å². The lowest BCUT2D eigenvalue weighted by Crippen LogP contribution is -2.41. The Morgan fingerprint density at radius 3 is 2.65 bits per heavy atom. The van der Waals surface area contributed by atoms with E-state index in [0.29, 0.717) is 25.6 Å². The van der Waals surface area contributed by atoms with Gasteiger partial charge in [-0.1, -0.05) is 34.1 Å². The van der Waals surface area contributed by atoms with E-state index in [1.807, 2.05) is 38.2 Å². The fourth-order valence-electron chi connectivity index (χ4n) is 2.02. The second-order valence-electron chi connectivity index (χ2n) is 5.65. The van der Waals surface area contributed by atoms with Gasteiger partial charge in [0.1, 0.15) is 0 Å². The third kappa shape index (κ3) is 7.50. The summed E-state index contributed by atoms with van der Waals surface area (Å²) in [4.78, 5) is 18.4. The standard InChI is InChI=1S/C17H27BrN4O/c1-5-19-17(21-13(2)3)20-11-10-16(23)22(4)12-14-8-6-7-9-15(14)18/h6-9,13H,5,10-12H2,1-4H3,(H2,19,20,21). The van der Waals surface area contributed by atoms with Crippen LogP contribution < -0.4 is 10.6 Å². The van der Waals surface area contributed by atoms with Crippen molar-refractivity contribution in [3.05, 3.63) is 34.3 Å². The molecule has 128 valence electrons. The molecule has 2 N–H and O–H groups in total. The van der Waals surface area contributed by atoms with Gasteiger partial charge in [-0.3, -0.25) is 9.79 Å². The molecule has 0 aliphatic carbocycles. The summed E-state index contributed by atoms with van der Waals surface area (Å²) in [5.41, 5.74) is 1.10. The van der Waals surface area contributed by atoms with Crippen LogP contribution in [-0.2, 0) is 11.3 Å². The molecule has 1 aromatic rings. The zero-order chi connectivity index (χ0) is 17.2. The maximum absolute atomic E-state index is 12.2. The largest absolute Gasteiger partial charge is 0.357 e. The van der Waals surface area contributed by atoms with Gasteiger partial charge in [-0.05, 0) is 32.4 Å². The molecule has 0 spiro atoms. The van der Waals surface area contributed by atoms with Crippen LogP contribution in [0, 0.1) is 0 Å². The van der Waals surface area contributed by atoms with E-state index >= 15 is 0 Å². The van der Waals surface area contributed by atoms with Crippen molar-refractivity contribution >= 4 is 27.8 Å². The molecular formula is C17H27BrN4O. The van der Waals surface area contributed by atoms with Crippen LogP contribution in [0.5, 0.6) is 0 Å². The van der Waals surface area contributed by atoms with Crippen molar-refractivity contribution in [2.24, 2.45) is 4.99 Å². The lowest BCUT2D eigenvalue weighted by Gasteiger charge is -2.18.